The summed E-state index contributed by atoms with van der Waals surface area (Å²) in [6.45, 7) is 3.73. The SMILES string of the molecule is CC1CN=C(NCc2cccc(-c3ccccn3)c2)N1. The Morgan fingerprint density at radius 3 is 2.95 bits per heavy atom. The lowest BCUT2D eigenvalue weighted by atomic mass is 10.1. The van der Waals surface area contributed by atoms with Crippen LogP contribution in [0.4, 0.5) is 0 Å². The maximum Gasteiger partial charge on any atom is 0.191 e. The molecule has 0 spiro atoms. The topological polar surface area (TPSA) is 49.3 Å². The molecule has 1 unspecified atom stereocenters. The first-order valence-electron chi connectivity index (χ1n) is 6.86. The summed E-state index contributed by atoms with van der Waals surface area (Å²) in [6, 6.07) is 14.8. The summed E-state index contributed by atoms with van der Waals surface area (Å²) < 4.78 is 0. The molecule has 0 amide bonds. The molecule has 4 nitrogen and oxygen atoms in total. The Balaban J connectivity index is 1.69. The highest BCUT2D eigenvalue weighted by atomic mass is 15.2. The van der Waals surface area contributed by atoms with Gasteiger partial charge in [-0.1, -0.05) is 24.3 Å². The van der Waals surface area contributed by atoms with Gasteiger partial charge in [-0.3, -0.25) is 9.98 Å². The summed E-state index contributed by atoms with van der Waals surface area (Å²) in [6.07, 6.45) is 1.82. The van der Waals surface area contributed by atoms with Crippen LogP contribution in [0.5, 0.6) is 0 Å². The summed E-state index contributed by atoms with van der Waals surface area (Å²) in [5.41, 5.74) is 3.36. The van der Waals surface area contributed by atoms with Crippen LogP contribution in [0.15, 0.2) is 53.7 Å². The van der Waals surface area contributed by atoms with Gasteiger partial charge in [0.05, 0.1) is 12.2 Å². The van der Waals surface area contributed by atoms with Gasteiger partial charge in [-0.25, -0.2) is 0 Å². The number of hydrogen-bond acceptors (Lipinski definition) is 4. The number of nitrogens with one attached hydrogen (secondary N) is 2. The molecule has 1 aromatic carbocycles. The van der Waals surface area contributed by atoms with Gasteiger partial charge in [-0.15, -0.1) is 0 Å². The Hall–Kier alpha value is -2.36. The van der Waals surface area contributed by atoms with Gasteiger partial charge in [0, 0.05) is 24.3 Å². The van der Waals surface area contributed by atoms with Crippen molar-refractivity contribution in [3.63, 3.8) is 0 Å². The van der Waals surface area contributed by atoms with Crippen molar-refractivity contribution in [2.45, 2.75) is 19.5 Å². The molecule has 2 aromatic rings. The molecule has 102 valence electrons. The Kier molecular flexibility index (Phi) is 3.63. The van der Waals surface area contributed by atoms with Gasteiger partial charge in [0.25, 0.3) is 0 Å². The van der Waals surface area contributed by atoms with Crippen molar-refractivity contribution < 1.29 is 0 Å². The first-order valence-corrected chi connectivity index (χ1v) is 6.86. The minimum atomic E-state index is 0.428. The second kappa shape index (κ2) is 5.74. The number of benzene rings is 1. The van der Waals surface area contributed by atoms with E-state index in [2.05, 4.69) is 51.8 Å². The molecule has 1 aromatic heterocycles. The molecular weight excluding hydrogens is 248 g/mol. The number of guanidine groups is 1. The molecule has 2 heterocycles. The van der Waals surface area contributed by atoms with Crippen molar-refractivity contribution >= 4 is 5.96 Å². The van der Waals surface area contributed by atoms with Crippen LogP contribution in [0.2, 0.25) is 0 Å². The standard InChI is InChI=1S/C16H18N4/c1-12-10-18-16(20-12)19-11-13-5-4-6-14(9-13)15-7-2-3-8-17-15/h2-9,12H,10-11H2,1H3,(H2,18,19,20). The van der Waals surface area contributed by atoms with Crippen LogP contribution in [0.1, 0.15) is 12.5 Å². The van der Waals surface area contributed by atoms with Gasteiger partial charge in [-0.2, -0.15) is 0 Å². The molecule has 1 atom stereocenters. The van der Waals surface area contributed by atoms with E-state index < -0.39 is 0 Å². The molecule has 0 saturated heterocycles. The predicted molar refractivity (Wildman–Crippen MR) is 81.4 cm³/mol. The maximum absolute atomic E-state index is 4.39. The summed E-state index contributed by atoms with van der Waals surface area (Å²) in [5.74, 6) is 0.890. The van der Waals surface area contributed by atoms with E-state index in [1.54, 1.807) is 0 Å². The molecule has 0 bridgehead atoms. The van der Waals surface area contributed by atoms with Gasteiger partial charge in [-0.05, 0) is 30.7 Å². The van der Waals surface area contributed by atoms with Crippen molar-refractivity contribution in [2.24, 2.45) is 4.99 Å². The lowest BCUT2D eigenvalue weighted by molar-refractivity contribution is 0.713. The van der Waals surface area contributed by atoms with E-state index in [9.17, 15) is 0 Å². The molecule has 20 heavy (non-hydrogen) atoms. The fourth-order valence-electron chi connectivity index (χ4n) is 2.22. The number of pyridine rings is 1. The highest BCUT2D eigenvalue weighted by Crippen LogP contribution is 2.17. The molecule has 1 aliphatic rings. The average Bonchev–Trinajstić information content (AvgIpc) is 2.92. The van der Waals surface area contributed by atoms with Crippen LogP contribution >= 0.6 is 0 Å². The molecule has 4 heteroatoms. The zero-order chi connectivity index (χ0) is 13.8. The average molecular weight is 266 g/mol. The first kappa shape index (κ1) is 12.7. The van der Waals surface area contributed by atoms with E-state index >= 15 is 0 Å². The van der Waals surface area contributed by atoms with E-state index in [0.717, 1.165) is 30.3 Å². The summed E-state index contributed by atoms with van der Waals surface area (Å²) in [7, 11) is 0. The second-order valence-corrected chi connectivity index (χ2v) is 5.00. The zero-order valence-electron chi connectivity index (χ0n) is 11.5. The molecule has 0 fully saturated rings. The van der Waals surface area contributed by atoms with Gasteiger partial charge >= 0.3 is 0 Å². The number of nitrogens with zero attached hydrogens (tertiary/aromatic N) is 2. The highest BCUT2D eigenvalue weighted by molar-refractivity contribution is 5.81. The van der Waals surface area contributed by atoms with E-state index in [1.807, 2.05) is 24.4 Å². The van der Waals surface area contributed by atoms with Crippen LogP contribution < -0.4 is 10.6 Å². The monoisotopic (exact) mass is 266 g/mol. The number of aromatic nitrogens is 1. The fraction of sp³-hybridized carbons (Fsp3) is 0.250. The van der Waals surface area contributed by atoms with Crippen LogP contribution in [0.3, 0.4) is 0 Å². The third-order valence-corrected chi connectivity index (χ3v) is 3.25. The smallest absolute Gasteiger partial charge is 0.191 e. The van der Waals surface area contributed by atoms with E-state index in [-0.39, 0.29) is 0 Å². The Morgan fingerprint density at radius 2 is 2.20 bits per heavy atom. The maximum atomic E-state index is 4.39. The van der Waals surface area contributed by atoms with Crippen molar-refractivity contribution in [1.29, 1.82) is 0 Å². The van der Waals surface area contributed by atoms with Crippen LogP contribution in [-0.2, 0) is 6.54 Å². The van der Waals surface area contributed by atoms with Crippen molar-refractivity contribution in [3.05, 3.63) is 54.2 Å². The van der Waals surface area contributed by atoms with Gasteiger partial charge < -0.3 is 10.6 Å². The van der Waals surface area contributed by atoms with Gasteiger partial charge in [0.2, 0.25) is 0 Å². The van der Waals surface area contributed by atoms with Crippen LogP contribution in [-0.4, -0.2) is 23.5 Å². The Bertz CT molecular complexity index is 607. The number of rotatable bonds is 3. The molecule has 3 rings (SSSR count). The third kappa shape index (κ3) is 2.96. The largest absolute Gasteiger partial charge is 0.352 e. The predicted octanol–water partition coefficient (Wildman–Crippen LogP) is 2.19. The normalized spacial score (nSPS) is 17.4. The highest BCUT2D eigenvalue weighted by Gasteiger charge is 2.11. The number of hydrogen-bond donors (Lipinski definition) is 2. The molecule has 0 radical (unpaired) electrons. The van der Waals surface area contributed by atoms with E-state index in [0.29, 0.717) is 6.04 Å². The lowest BCUT2D eigenvalue weighted by Gasteiger charge is -2.09. The summed E-state index contributed by atoms with van der Waals surface area (Å²) in [4.78, 5) is 8.78. The minimum absolute atomic E-state index is 0.428. The summed E-state index contributed by atoms with van der Waals surface area (Å²) >= 11 is 0. The van der Waals surface area contributed by atoms with E-state index in [4.69, 9.17) is 0 Å². The minimum Gasteiger partial charge on any atom is -0.352 e. The number of aliphatic imine (C=N–C) groups is 1. The fourth-order valence-corrected chi connectivity index (χ4v) is 2.22. The lowest BCUT2D eigenvalue weighted by Crippen LogP contribution is -2.37. The van der Waals surface area contributed by atoms with Crippen molar-refractivity contribution in [3.8, 4) is 11.3 Å². The quantitative estimate of drug-likeness (QED) is 0.895. The molecule has 0 saturated carbocycles. The first-order chi connectivity index (χ1) is 9.81. The third-order valence-electron chi connectivity index (χ3n) is 3.25. The van der Waals surface area contributed by atoms with Crippen molar-refractivity contribution in [2.75, 3.05) is 6.54 Å². The van der Waals surface area contributed by atoms with Crippen molar-refractivity contribution in [1.82, 2.24) is 15.6 Å². The van der Waals surface area contributed by atoms with Gasteiger partial charge in [0.15, 0.2) is 5.96 Å². The molecular formula is C16H18N4. The summed E-state index contributed by atoms with van der Waals surface area (Å²) in [5, 5.41) is 6.62. The zero-order valence-corrected chi connectivity index (χ0v) is 11.5. The van der Waals surface area contributed by atoms with Gasteiger partial charge in [0.1, 0.15) is 0 Å². The molecule has 1 aliphatic heterocycles. The molecule has 0 aliphatic carbocycles. The van der Waals surface area contributed by atoms with Crippen LogP contribution in [0.25, 0.3) is 11.3 Å². The molecule has 2 N–H and O–H groups in total. The Labute approximate surface area is 119 Å². The second-order valence-electron chi connectivity index (χ2n) is 5.00. The Morgan fingerprint density at radius 1 is 1.25 bits per heavy atom. The van der Waals surface area contributed by atoms with Crippen LogP contribution in [0, 0.1) is 0 Å². The van der Waals surface area contributed by atoms with E-state index in [1.165, 1.54) is 5.56 Å².